The number of nitrogens with zero attached hydrogens (tertiary/aromatic N) is 2. The summed E-state index contributed by atoms with van der Waals surface area (Å²) in [4.78, 5) is 30.4. The van der Waals surface area contributed by atoms with Gasteiger partial charge in [0.05, 0.1) is 25.3 Å². The average Bonchev–Trinajstić information content (AvgIpc) is 3.26. The smallest absolute Gasteiger partial charge is 0.278 e. The van der Waals surface area contributed by atoms with E-state index in [2.05, 4.69) is 0 Å². The molecule has 0 bridgehead atoms. The Hall–Kier alpha value is -2.15. The molecule has 0 spiro atoms. The monoisotopic (exact) mass is 388 g/mol. The van der Waals surface area contributed by atoms with Crippen molar-refractivity contribution in [2.24, 2.45) is 0 Å². The van der Waals surface area contributed by atoms with Crippen molar-refractivity contribution in [1.29, 1.82) is 0 Å². The molecule has 2 amide bonds. The number of hydrogen-bond acceptors (Lipinski definition) is 5. The van der Waals surface area contributed by atoms with Crippen LogP contribution in [-0.4, -0.2) is 47.9 Å². The first-order valence-corrected chi connectivity index (χ1v) is 9.62. The van der Waals surface area contributed by atoms with E-state index >= 15 is 0 Å². The highest BCUT2D eigenvalue weighted by molar-refractivity contribution is 7.11. The van der Waals surface area contributed by atoms with E-state index in [0.29, 0.717) is 42.6 Å². The number of amides is 2. The summed E-state index contributed by atoms with van der Waals surface area (Å²) in [5.41, 5.74) is 1.86. The number of ether oxygens (including phenoxy) is 1. The second kappa shape index (κ2) is 7.23. The van der Waals surface area contributed by atoms with Crippen LogP contribution in [0.2, 0.25) is 5.02 Å². The molecule has 0 saturated carbocycles. The third kappa shape index (κ3) is 3.16. The average molecular weight is 389 g/mol. The molecule has 0 unspecified atom stereocenters. The van der Waals surface area contributed by atoms with Gasteiger partial charge in [0.1, 0.15) is 5.70 Å². The summed E-state index contributed by atoms with van der Waals surface area (Å²) in [6.07, 6.45) is 0. The third-order valence-corrected chi connectivity index (χ3v) is 5.63. The standard InChI is InChI=1S/C19H17ClN2O3S/c20-14-5-3-13(4-6-14)12-22-18(23)16(15-2-1-11-26-15)17(19(22)24)21-7-9-25-10-8-21/h1-6,11H,7-10,12H2. The molecule has 2 aliphatic heterocycles. The number of rotatable bonds is 4. The Morgan fingerprint density at radius 1 is 1.04 bits per heavy atom. The van der Waals surface area contributed by atoms with Gasteiger partial charge >= 0.3 is 0 Å². The number of carbonyl (C=O) groups excluding carboxylic acids is 2. The van der Waals surface area contributed by atoms with Gasteiger partial charge in [0.25, 0.3) is 11.8 Å². The number of carbonyl (C=O) groups is 2. The predicted molar refractivity (Wildman–Crippen MR) is 101 cm³/mol. The molecule has 7 heteroatoms. The molecule has 3 heterocycles. The van der Waals surface area contributed by atoms with Crippen molar-refractivity contribution in [3.8, 4) is 0 Å². The van der Waals surface area contributed by atoms with Gasteiger partial charge in [-0.1, -0.05) is 29.8 Å². The lowest BCUT2D eigenvalue weighted by Crippen LogP contribution is -2.40. The van der Waals surface area contributed by atoms with E-state index in [1.54, 1.807) is 12.1 Å². The van der Waals surface area contributed by atoms with Crippen LogP contribution >= 0.6 is 22.9 Å². The van der Waals surface area contributed by atoms with Gasteiger partial charge in [-0.25, -0.2) is 0 Å². The minimum absolute atomic E-state index is 0.234. The van der Waals surface area contributed by atoms with E-state index < -0.39 is 0 Å². The summed E-state index contributed by atoms with van der Waals surface area (Å²) < 4.78 is 5.40. The van der Waals surface area contributed by atoms with Crippen LogP contribution in [0.1, 0.15) is 10.4 Å². The van der Waals surface area contributed by atoms with Crippen molar-refractivity contribution in [2.45, 2.75) is 6.54 Å². The Labute approximate surface area is 160 Å². The zero-order valence-corrected chi connectivity index (χ0v) is 15.6. The normalized spacial score (nSPS) is 18.2. The lowest BCUT2D eigenvalue weighted by atomic mass is 10.1. The third-order valence-electron chi connectivity index (χ3n) is 4.49. The van der Waals surface area contributed by atoms with Gasteiger partial charge in [0.15, 0.2) is 0 Å². The van der Waals surface area contributed by atoms with Crippen LogP contribution in [0.4, 0.5) is 0 Å². The summed E-state index contributed by atoms with van der Waals surface area (Å²) in [7, 11) is 0. The highest BCUT2D eigenvalue weighted by Crippen LogP contribution is 2.35. The fraction of sp³-hybridized carbons (Fsp3) is 0.263. The molecular weight excluding hydrogens is 372 g/mol. The van der Waals surface area contributed by atoms with Crippen LogP contribution in [0.15, 0.2) is 47.5 Å². The number of imide groups is 1. The first-order chi connectivity index (χ1) is 12.6. The summed E-state index contributed by atoms with van der Waals surface area (Å²) in [6, 6.07) is 11.0. The Balaban J connectivity index is 1.69. The highest BCUT2D eigenvalue weighted by Gasteiger charge is 2.42. The first-order valence-electron chi connectivity index (χ1n) is 8.36. The van der Waals surface area contributed by atoms with Crippen LogP contribution < -0.4 is 0 Å². The SMILES string of the molecule is O=C1C(c2cccs2)=C(N2CCOCC2)C(=O)N1Cc1ccc(Cl)cc1. The molecule has 2 aromatic rings. The van der Waals surface area contributed by atoms with Crippen LogP contribution in [0, 0.1) is 0 Å². The van der Waals surface area contributed by atoms with E-state index in [1.165, 1.54) is 16.2 Å². The maximum atomic E-state index is 13.1. The van der Waals surface area contributed by atoms with E-state index in [4.69, 9.17) is 16.3 Å². The molecule has 5 nitrogen and oxygen atoms in total. The van der Waals surface area contributed by atoms with Gasteiger partial charge in [0.2, 0.25) is 0 Å². The van der Waals surface area contributed by atoms with Crippen LogP contribution in [-0.2, 0) is 20.9 Å². The molecule has 4 rings (SSSR count). The van der Waals surface area contributed by atoms with E-state index in [0.717, 1.165) is 10.4 Å². The molecule has 0 atom stereocenters. The zero-order chi connectivity index (χ0) is 18.1. The summed E-state index contributed by atoms with van der Waals surface area (Å²) in [5, 5.41) is 2.54. The minimum Gasteiger partial charge on any atom is -0.378 e. The molecule has 2 aliphatic rings. The second-order valence-corrected chi connectivity index (χ2v) is 7.51. The van der Waals surface area contributed by atoms with Gasteiger partial charge < -0.3 is 9.64 Å². The van der Waals surface area contributed by atoms with E-state index in [-0.39, 0.29) is 18.4 Å². The van der Waals surface area contributed by atoms with Crippen molar-refractivity contribution < 1.29 is 14.3 Å². The van der Waals surface area contributed by atoms with E-state index in [1.807, 2.05) is 34.5 Å². The fourth-order valence-electron chi connectivity index (χ4n) is 3.20. The Morgan fingerprint density at radius 3 is 2.42 bits per heavy atom. The summed E-state index contributed by atoms with van der Waals surface area (Å²) in [6.45, 7) is 2.56. The Morgan fingerprint density at radius 2 is 1.77 bits per heavy atom. The highest BCUT2D eigenvalue weighted by atomic mass is 35.5. The molecule has 134 valence electrons. The number of thiophene rings is 1. The molecule has 1 saturated heterocycles. The minimum atomic E-state index is -0.242. The van der Waals surface area contributed by atoms with Crippen LogP contribution in [0.25, 0.3) is 5.57 Å². The molecule has 0 N–H and O–H groups in total. The topological polar surface area (TPSA) is 49.9 Å². The molecule has 0 aliphatic carbocycles. The Bertz CT molecular complexity index is 855. The first kappa shape index (κ1) is 17.3. The Kier molecular flexibility index (Phi) is 4.80. The number of halogens is 1. The van der Waals surface area contributed by atoms with Gasteiger partial charge in [-0.2, -0.15) is 0 Å². The maximum Gasteiger partial charge on any atom is 0.278 e. The largest absolute Gasteiger partial charge is 0.378 e. The van der Waals surface area contributed by atoms with Crippen LogP contribution in [0.3, 0.4) is 0 Å². The molecular formula is C19H17ClN2O3S. The van der Waals surface area contributed by atoms with Crippen molar-refractivity contribution in [2.75, 3.05) is 26.3 Å². The van der Waals surface area contributed by atoms with Gasteiger partial charge in [0, 0.05) is 23.0 Å². The van der Waals surface area contributed by atoms with E-state index in [9.17, 15) is 9.59 Å². The summed E-state index contributed by atoms with van der Waals surface area (Å²) >= 11 is 7.40. The zero-order valence-electron chi connectivity index (χ0n) is 14.0. The number of benzene rings is 1. The predicted octanol–water partition coefficient (Wildman–Crippen LogP) is 3.01. The lowest BCUT2D eigenvalue weighted by Gasteiger charge is -2.29. The lowest BCUT2D eigenvalue weighted by molar-refractivity contribution is -0.138. The van der Waals surface area contributed by atoms with Gasteiger partial charge in [-0.05, 0) is 29.1 Å². The molecule has 26 heavy (non-hydrogen) atoms. The quantitative estimate of drug-likeness (QED) is 0.755. The molecule has 1 aromatic heterocycles. The number of morpholine rings is 1. The fourth-order valence-corrected chi connectivity index (χ4v) is 4.09. The van der Waals surface area contributed by atoms with Crippen LogP contribution in [0.5, 0.6) is 0 Å². The van der Waals surface area contributed by atoms with Gasteiger partial charge in [-0.15, -0.1) is 11.3 Å². The second-order valence-electron chi connectivity index (χ2n) is 6.12. The maximum absolute atomic E-state index is 13.1. The van der Waals surface area contributed by atoms with Crippen molar-refractivity contribution in [1.82, 2.24) is 9.80 Å². The molecule has 0 radical (unpaired) electrons. The van der Waals surface area contributed by atoms with Crippen molar-refractivity contribution in [3.63, 3.8) is 0 Å². The molecule has 1 aromatic carbocycles. The number of hydrogen-bond donors (Lipinski definition) is 0. The van der Waals surface area contributed by atoms with Crippen molar-refractivity contribution in [3.05, 3.63) is 62.9 Å². The van der Waals surface area contributed by atoms with Crippen molar-refractivity contribution >= 4 is 40.3 Å². The van der Waals surface area contributed by atoms with Gasteiger partial charge in [-0.3, -0.25) is 14.5 Å². The molecule has 1 fully saturated rings. The summed E-state index contributed by atoms with van der Waals surface area (Å²) in [5.74, 6) is -0.482.